The van der Waals surface area contributed by atoms with Gasteiger partial charge in [-0.05, 0) is 142 Å². The van der Waals surface area contributed by atoms with Gasteiger partial charge in [0.1, 0.15) is 0 Å². The molecule has 1 amide bonds. The number of hydrogen-bond donors (Lipinski definition) is 3. The number of nitrogens with zero attached hydrogens (tertiary/aromatic N) is 4. The monoisotopic (exact) mass is 795 g/mol. The number of hydrogen-bond acceptors (Lipinski definition) is 9. The summed E-state index contributed by atoms with van der Waals surface area (Å²) in [6.07, 6.45) is 8.73. The largest absolute Gasteiger partial charge is 0.382 e. The van der Waals surface area contributed by atoms with Crippen LogP contribution in [0.4, 0.5) is 22.7 Å². The van der Waals surface area contributed by atoms with Crippen LogP contribution in [-0.2, 0) is 10.0 Å². The summed E-state index contributed by atoms with van der Waals surface area (Å²) in [6.45, 7) is 13.0. The van der Waals surface area contributed by atoms with Gasteiger partial charge in [0, 0.05) is 61.4 Å². The van der Waals surface area contributed by atoms with Gasteiger partial charge in [0.2, 0.25) is 0 Å². The van der Waals surface area contributed by atoms with Crippen LogP contribution in [0.2, 0.25) is 5.02 Å². The first-order chi connectivity index (χ1) is 26.8. The van der Waals surface area contributed by atoms with Crippen LogP contribution >= 0.6 is 11.6 Å². The van der Waals surface area contributed by atoms with Crippen molar-refractivity contribution in [3.63, 3.8) is 0 Å². The molecule has 0 saturated carbocycles. The Morgan fingerprint density at radius 3 is 2.38 bits per heavy atom. The first-order valence-corrected chi connectivity index (χ1v) is 21.6. The molecule has 296 valence electrons. The van der Waals surface area contributed by atoms with Crippen LogP contribution in [0.5, 0.6) is 0 Å². The van der Waals surface area contributed by atoms with Crippen molar-refractivity contribution >= 4 is 55.9 Å². The third kappa shape index (κ3) is 9.74. The maximum atomic E-state index is 13.8. The highest BCUT2D eigenvalue weighted by molar-refractivity contribution is 7.90. The Hall–Kier alpha value is -4.42. The molecule has 1 aromatic heterocycles. The molecule has 7 rings (SSSR count). The minimum absolute atomic E-state index is 0.0431. The maximum Gasteiger partial charge on any atom is 0.267 e. The molecule has 2 aliphatic heterocycles. The lowest BCUT2D eigenvalue weighted by molar-refractivity contribution is 0.0982. The molecule has 1 aliphatic carbocycles. The third-order valence-corrected chi connectivity index (χ3v) is 13.1. The zero-order valence-corrected chi connectivity index (χ0v) is 34.5. The summed E-state index contributed by atoms with van der Waals surface area (Å²) in [7, 11) is -2.03. The van der Waals surface area contributed by atoms with E-state index in [4.69, 9.17) is 11.6 Å². The van der Waals surface area contributed by atoms with E-state index in [2.05, 4.69) is 68.1 Å². The van der Waals surface area contributed by atoms with E-state index in [9.17, 15) is 13.2 Å². The molecule has 0 bridgehead atoms. The van der Waals surface area contributed by atoms with Crippen LogP contribution in [0.1, 0.15) is 67.4 Å². The normalized spacial score (nSPS) is 18.5. The SMILES string of the molecule is Cc1cc(S(=O)(=O)NC(=O)c2ccc(N3CCN(CC4=C(c5ccc(Cl)cc5)CC(C)(C)CC4)CC3)cc2Nc2cccnc2)ccc1NC1CCN(C)CC1. The number of halogens is 1. The number of piperidine rings is 1. The van der Waals surface area contributed by atoms with E-state index < -0.39 is 15.9 Å². The molecule has 0 unspecified atom stereocenters. The number of amides is 1. The van der Waals surface area contributed by atoms with Crippen LogP contribution in [-0.4, -0.2) is 88.0 Å². The molecule has 3 aromatic carbocycles. The van der Waals surface area contributed by atoms with Crippen LogP contribution in [0.3, 0.4) is 0 Å². The summed E-state index contributed by atoms with van der Waals surface area (Å²) in [5.41, 5.74) is 8.59. The fraction of sp³-hybridized carbons (Fsp3) is 0.409. The lowest BCUT2D eigenvalue weighted by Gasteiger charge is -2.39. The van der Waals surface area contributed by atoms with Crippen molar-refractivity contribution in [1.82, 2.24) is 19.5 Å². The Kier molecular flexibility index (Phi) is 12.1. The van der Waals surface area contributed by atoms with Gasteiger partial charge in [-0.15, -0.1) is 0 Å². The average molecular weight is 796 g/mol. The number of aryl methyl sites for hydroxylation is 1. The minimum atomic E-state index is -4.16. The molecule has 0 spiro atoms. The lowest BCUT2D eigenvalue weighted by Crippen LogP contribution is -2.47. The molecule has 4 aromatic rings. The number of benzene rings is 3. The summed E-state index contributed by atoms with van der Waals surface area (Å²) in [5, 5.41) is 7.66. The Labute approximate surface area is 337 Å². The smallest absolute Gasteiger partial charge is 0.267 e. The second-order valence-corrected chi connectivity index (χ2v) is 18.5. The number of pyridine rings is 1. The van der Waals surface area contributed by atoms with Crippen LogP contribution in [0.15, 0.2) is 95.7 Å². The van der Waals surface area contributed by atoms with Gasteiger partial charge in [0.05, 0.1) is 28.0 Å². The standard InChI is InChI=1S/C44H54ClN7O3S/c1-31-26-38(12-14-41(31)47-35-16-20-50(4)21-17-35)56(54,55)49-43(53)39-13-11-37(27-42(39)48-36-6-5-19-46-29-36)52-24-22-51(23-25-52)30-33-15-18-44(2,3)28-40(33)32-7-9-34(45)10-8-32/h5-14,19,26-27,29,35,47-48H,15-18,20-25,28,30H2,1-4H3,(H,49,53). The highest BCUT2D eigenvalue weighted by atomic mass is 35.5. The summed E-state index contributed by atoms with van der Waals surface area (Å²) >= 11 is 6.24. The maximum absolute atomic E-state index is 13.8. The third-order valence-electron chi connectivity index (χ3n) is 11.5. The van der Waals surface area contributed by atoms with Crippen molar-refractivity contribution in [2.24, 2.45) is 5.41 Å². The Morgan fingerprint density at radius 1 is 0.929 bits per heavy atom. The number of likely N-dealkylation sites (tertiary alicyclic amines) is 1. The van der Waals surface area contributed by atoms with E-state index in [1.807, 2.05) is 43.3 Å². The van der Waals surface area contributed by atoms with Crippen molar-refractivity contribution in [3.05, 3.63) is 112 Å². The number of rotatable bonds is 11. The number of carbonyl (C=O) groups is 1. The predicted octanol–water partition coefficient (Wildman–Crippen LogP) is 8.20. The van der Waals surface area contributed by atoms with Gasteiger partial charge in [-0.1, -0.05) is 43.2 Å². The molecule has 0 atom stereocenters. The molecular formula is C44H54ClN7O3S. The fourth-order valence-electron chi connectivity index (χ4n) is 8.09. The summed E-state index contributed by atoms with van der Waals surface area (Å²) < 4.78 is 29.5. The molecule has 0 radical (unpaired) electrons. The summed E-state index contributed by atoms with van der Waals surface area (Å²) in [5.74, 6) is -0.709. The highest BCUT2D eigenvalue weighted by Crippen LogP contribution is 2.43. The number of allylic oxidation sites excluding steroid dienone is 1. The first kappa shape index (κ1) is 39.8. The number of piperazine rings is 1. The number of carbonyl (C=O) groups excluding carboxylic acids is 1. The summed E-state index contributed by atoms with van der Waals surface area (Å²) in [6, 6.07) is 22.8. The van der Waals surface area contributed by atoms with Crippen molar-refractivity contribution in [1.29, 1.82) is 0 Å². The number of nitrogens with one attached hydrogen (secondary N) is 3. The summed E-state index contributed by atoms with van der Waals surface area (Å²) in [4.78, 5) is 25.2. The Balaban J connectivity index is 1.05. The van der Waals surface area contributed by atoms with Gasteiger partial charge >= 0.3 is 0 Å². The molecule has 2 saturated heterocycles. The molecule has 3 N–H and O–H groups in total. The number of aromatic nitrogens is 1. The zero-order chi connectivity index (χ0) is 39.5. The van der Waals surface area contributed by atoms with Gasteiger partial charge < -0.3 is 20.4 Å². The average Bonchev–Trinajstić information content (AvgIpc) is 3.18. The topological polar surface area (TPSA) is 110 Å². The lowest BCUT2D eigenvalue weighted by atomic mass is 9.72. The van der Waals surface area contributed by atoms with Gasteiger partial charge in [0.25, 0.3) is 15.9 Å². The van der Waals surface area contributed by atoms with Crippen LogP contribution in [0.25, 0.3) is 5.57 Å². The quantitative estimate of drug-likeness (QED) is 0.139. The molecule has 2 fully saturated rings. The fourth-order valence-corrected chi connectivity index (χ4v) is 9.27. The Bertz CT molecular complexity index is 2160. The molecule has 56 heavy (non-hydrogen) atoms. The minimum Gasteiger partial charge on any atom is -0.382 e. The van der Waals surface area contributed by atoms with E-state index >= 15 is 0 Å². The molecule has 12 heteroatoms. The first-order valence-electron chi connectivity index (χ1n) is 19.7. The van der Waals surface area contributed by atoms with Gasteiger partial charge in [-0.3, -0.25) is 14.7 Å². The van der Waals surface area contributed by atoms with Crippen LogP contribution < -0.4 is 20.3 Å². The van der Waals surface area contributed by atoms with E-state index in [0.717, 1.165) is 93.5 Å². The van der Waals surface area contributed by atoms with E-state index in [1.54, 1.807) is 36.7 Å². The highest BCUT2D eigenvalue weighted by Gasteiger charge is 2.30. The molecule has 3 aliphatic rings. The molecule has 10 nitrogen and oxygen atoms in total. The molecule has 3 heterocycles. The van der Waals surface area contributed by atoms with Crippen molar-refractivity contribution in [2.75, 3.05) is 68.4 Å². The predicted molar refractivity (Wildman–Crippen MR) is 229 cm³/mol. The van der Waals surface area contributed by atoms with Crippen molar-refractivity contribution < 1.29 is 13.2 Å². The zero-order valence-electron chi connectivity index (χ0n) is 32.9. The van der Waals surface area contributed by atoms with Crippen LogP contribution in [0, 0.1) is 12.3 Å². The van der Waals surface area contributed by atoms with E-state index in [0.29, 0.717) is 17.4 Å². The van der Waals surface area contributed by atoms with Gasteiger partial charge in [-0.2, -0.15) is 0 Å². The number of sulfonamides is 1. The van der Waals surface area contributed by atoms with Gasteiger partial charge in [0.15, 0.2) is 0 Å². The van der Waals surface area contributed by atoms with Crippen molar-refractivity contribution in [3.8, 4) is 0 Å². The second kappa shape index (κ2) is 17.0. The van der Waals surface area contributed by atoms with E-state index in [-0.39, 0.29) is 15.9 Å². The van der Waals surface area contributed by atoms with E-state index in [1.165, 1.54) is 23.1 Å². The number of anilines is 4. The Morgan fingerprint density at radius 2 is 1.68 bits per heavy atom. The second-order valence-electron chi connectivity index (χ2n) is 16.4. The van der Waals surface area contributed by atoms with Crippen molar-refractivity contribution in [2.45, 2.75) is 63.8 Å². The van der Waals surface area contributed by atoms with Gasteiger partial charge in [-0.25, -0.2) is 13.1 Å². The molecular weight excluding hydrogens is 742 g/mol.